The van der Waals surface area contributed by atoms with E-state index in [1.807, 2.05) is 45.3 Å². The molecule has 1 aromatic rings. The van der Waals surface area contributed by atoms with E-state index in [9.17, 15) is 4.79 Å². The first-order valence-electron chi connectivity index (χ1n) is 6.40. The number of urea groups is 1. The molecule has 1 atom stereocenters. The minimum absolute atomic E-state index is 0.256. The lowest BCUT2D eigenvalue weighted by Gasteiger charge is -2.21. The molecule has 0 aliphatic heterocycles. The number of hydrogen-bond acceptors (Lipinski definition) is 3. The first-order valence-corrected chi connectivity index (χ1v) is 6.40. The van der Waals surface area contributed by atoms with Crippen molar-refractivity contribution in [3.8, 4) is 5.75 Å². The number of hydrogen-bond donors (Lipinski definition) is 1. The van der Waals surface area contributed by atoms with E-state index in [-0.39, 0.29) is 12.1 Å². The molecular formula is C14H23N3O2. The summed E-state index contributed by atoms with van der Waals surface area (Å²) in [7, 11) is 5.76. The van der Waals surface area contributed by atoms with Crippen LogP contribution in [0.4, 0.5) is 4.79 Å². The third kappa shape index (κ3) is 4.44. The Balaban J connectivity index is 2.65. The maximum absolute atomic E-state index is 11.6. The highest BCUT2D eigenvalue weighted by Gasteiger charge is 2.10. The Bertz CT molecular complexity index is 421. The normalized spacial score (nSPS) is 12.1. The largest absolute Gasteiger partial charge is 0.378 e. The van der Waals surface area contributed by atoms with Gasteiger partial charge in [0.05, 0.1) is 0 Å². The lowest BCUT2D eigenvalue weighted by molar-refractivity contribution is 0.152. The number of amides is 2. The molecule has 1 rings (SSSR count). The highest BCUT2D eigenvalue weighted by atomic mass is 16.7. The summed E-state index contributed by atoms with van der Waals surface area (Å²) < 4.78 is 0. The molecule has 0 saturated carbocycles. The maximum Gasteiger partial charge on any atom is 0.350 e. The summed E-state index contributed by atoms with van der Waals surface area (Å²) in [4.78, 5) is 20.5. The van der Waals surface area contributed by atoms with Gasteiger partial charge < -0.3 is 14.6 Å². The minimum Gasteiger partial charge on any atom is -0.378 e. The molecule has 2 amide bonds. The fourth-order valence-corrected chi connectivity index (χ4v) is 1.46. The number of hydroxylamine groups is 1. The van der Waals surface area contributed by atoms with Crippen molar-refractivity contribution in [3.63, 3.8) is 0 Å². The fraction of sp³-hybridized carbons (Fsp3) is 0.500. The van der Waals surface area contributed by atoms with Gasteiger partial charge in [0.2, 0.25) is 0 Å². The van der Waals surface area contributed by atoms with Gasteiger partial charge in [0.15, 0.2) is 5.75 Å². The molecule has 0 aromatic heterocycles. The number of nitrogens with one attached hydrogen (secondary N) is 1. The van der Waals surface area contributed by atoms with E-state index < -0.39 is 0 Å². The van der Waals surface area contributed by atoms with Crippen LogP contribution in [0.5, 0.6) is 5.75 Å². The van der Waals surface area contributed by atoms with Gasteiger partial charge in [-0.3, -0.25) is 0 Å². The van der Waals surface area contributed by atoms with Gasteiger partial charge >= 0.3 is 6.03 Å². The van der Waals surface area contributed by atoms with Crippen molar-refractivity contribution >= 4 is 6.03 Å². The predicted octanol–water partition coefficient (Wildman–Crippen LogP) is 2.26. The summed E-state index contributed by atoms with van der Waals surface area (Å²) >= 11 is 0. The molecule has 0 radical (unpaired) electrons. The van der Waals surface area contributed by atoms with Crippen LogP contribution in [-0.2, 0) is 0 Å². The van der Waals surface area contributed by atoms with Crippen molar-refractivity contribution in [1.82, 2.24) is 15.3 Å². The van der Waals surface area contributed by atoms with Crippen molar-refractivity contribution < 1.29 is 9.63 Å². The van der Waals surface area contributed by atoms with Gasteiger partial charge in [-0.25, -0.2) is 4.79 Å². The van der Waals surface area contributed by atoms with E-state index in [1.165, 1.54) is 4.90 Å². The zero-order chi connectivity index (χ0) is 14.4. The second-order valence-electron chi connectivity index (χ2n) is 4.74. The van der Waals surface area contributed by atoms with E-state index in [1.54, 1.807) is 7.05 Å². The molecule has 1 unspecified atom stereocenters. The van der Waals surface area contributed by atoms with Gasteiger partial charge in [0.25, 0.3) is 0 Å². The summed E-state index contributed by atoms with van der Waals surface area (Å²) in [6, 6.07) is 7.73. The molecule has 0 saturated heterocycles. The lowest BCUT2D eigenvalue weighted by Crippen LogP contribution is -2.38. The number of nitrogens with zero attached hydrogens (tertiary/aromatic N) is 2. The van der Waals surface area contributed by atoms with Gasteiger partial charge in [0, 0.05) is 19.6 Å². The lowest BCUT2D eigenvalue weighted by atomic mass is 10.1. The van der Waals surface area contributed by atoms with E-state index >= 15 is 0 Å². The van der Waals surface area contributed by atoms with Gasteiger partial charge in [-0.05, 0) is 45.6 Å². The minimum atomic E-state index is -0.256. The van der Waals surface area contributed by atoms with Crippen molar-refractivity contribution in [1.29, 1.82) is 0 Å². The Morgan fingerprint density at radius 3 is 2.63 bits per heavy atom. The second-order valence-corrected chi connectivity index (χ2v) is 4.74. The quantitative estimate of drug-likeness (QED) is 0.831. The van der Waals surface area contributed by atoms with Crippen LogP contribution in [0.3, 0.4) is 0 Å². The van der Waals surface area contributed by atoms with Gasteiger partial charge in [-0.15, -0.1) is 0 Å². The monoisotopic (exact) mass is 265 g/mol. The highest BCUT2D eigenvalue weighted by molar-refractivity contribution is 5.72. The Kier molecular flexibility index (Phi) is 5.63. The second kappa shape index (κ2) is 6.99. The molecule has 0 aliphatic carbocycles. The topological polar surface area (TPSA) is 44.8 Å². The summed E-state index contributed by atoms with van der Waals surface area (Å²) in [6.07, 6.45) is 0. The molecule has 1 N–H and O–H groups in total. The fourth-order valence-electron chi connectivity index (χ4n) is 1.46. The van der Waals surface area contributed by atoms with E-state index in [0.717, 1.165) is 5.56 Å². The number of benzene rings is 1. The zero-order valence-electron chi connectivity index (χ0n) is 12.3. The van der Waals surface area contributed by atoms with Crippen molar-refractivity contribution in [2.75, 3.05) is 27.7 Å². The van der Waals surface area contributed by atoms with E-state index in [4.69, 9.17) is 4.84 Å². The van der Waals surface area contributed by atoms with Crippen molar-refractivity contribution in [3.05, 3.63) is 29.8 Å². The summed E-state index contributed by atoms with van der Waals surface area (Å²) in [5, 5.41) is 0. The Morgan fingerprint density at radius 1 is 1.37 bits per heavy atom. The third-order valence-electron chi connectivity index (χ3n) is 3.19. The smallest absolute Gasteiger partial charge is 0.350 e. The number of rotatable bonds is 5. The molecule has 1 aromatic carbocycles. The molecular weight excluding hydrogens is 242 g/mol. The maximum atomic E-state index is 11.6. The van der Waals surface area contributed by atoms with Gasteiger partial charge in [0.1, 0.15) is 0 Å². The Hall–Kier alpha value is -1.75. The van der Waals surface area contributed by atoms with E-state index in [0.29, 0.717) is 12.3 Å². The molecule has 106 valence electrons. The summed E-state index contributed by atoms with van der Waals surface area (Å²) in [5.74, 6) is 0.629. The van der Waals surface area contributed by atoms with Crippen LogP contribution in [0.15, 0.2) is 24.3 Å². The molecule has 5 heteroatoms. The molecule has 0 heterocycles. The summed E-state index contributed by atoms with van der Waals surface area (Å²) in [6.45, 7) is 4.65. The van der Waals surface area contributed by atoms with Gasteiger partial charge in [-0.1, -0.05) is 12.1 Å². The third-order valence-corrected chi connectivity index (χ3v) is 3.19. The van der Waals surface area contributed by atoms with Crippen LogP contribution < -0.4 is 10.3 Å². The molecule has 19 heavy (non-hydrogen) atoms. The highest BCUT2D eigenvalue weighted by Crippen LogP contribution is 2.21. The van der Waals surface area contributed by atoms with Gasteiger partial charge in [-0.2, -0.15) is 5.48 Å². The first kappa shape index (κ1) is 15.3. The van der Waals surface area contributed by atoms with E-state index in [2.05, 4.69) is 17.3 Å². The van der Waals surface area contributed by atoms with Crippen LogP contribution in [0.1, 0.15) is 25.5 Å². The average molecular weight is 265 g/mol. The summed E-state index contributed by atoms with van der Waals surface area (Å²) in [5.41, 5.74) is 3.56. The molecule has 0 aliphatic rings. The first-order chi connectivity index (χ1) is 8.95. The van der Waals surface area contributed by atoms with Crippen LogP contribution in [-0.4, -0.2) is 43.5 Å². The van der Waals surface area contributed by atoms with Crippen molar-refractivity contribution in [2.24, 2.45) is 0 Å². The average Bonchev–Trinajstić information content (AvgIpc) is 2.43. The molecule has 0 spiro atoms. The van der Waals surface area contributed by atoms with Crippen molar-refractivity contribution in [2.45, 2.75) is 19.9 Å². The molecule has 0 bridgehead atoms. The number of carbonyl (C=O) groups is 1. The molecule has 5 nitrogen and oxygen atoms in total. The number of carbonyl (C=O) groups excluding carboxylic acids is 1. The standard InChI is InChI=1S/C14H23N3O2/c1-6-17(5)14(18)15-19-13-9-7-8-12(10-13)11(2)16(3)4/h7-11H,6H2,1-5H3,(H,15,18). The van der Waals surface area contributed by atoms with Crippen LogP contribution in [0.25, 0.3) is 0 Å². The van der Waals surface area contributed by atoms with Crippen LogP contribution >= 0.6 is 0 Å². The van der Waals surface area contributed by atoms with Crippen LogP contribution in [0.2, 0.25) is 0 Å². The predicted molar refractivity (Wildman–Crippen MR) is 76.0 cm³/mol. The van der Waals surface area contributed by atoms with Crippen LogP contribution in [0, 0.1) is 0 Å². The zero-order valence-corrected chi connectivity index (χ0v) is 12.3. The molecule has 0 fully saturated rings. The Morgan fingerprint density at radius 2 is 2.05 bits per heavy atom. The Labute approximate surface area is 115 Å². The SMILES string of the molecule is CCN(C)C(=O)NOc1cccc(C(C)N(C)C)c1.